The van der Waals surface area contributed by atoms with Crippen molar-refractivity contribution in [3.63, 3.8) is 0 Å². The van der Waals surface area contributed by atoms with E-state index in [0.717, 1.165) is 0 Å². The van der Waals surface area contributed by atoms with Crippen LogP contribution in [0.5, 0.6) is 0 Å². The predicted octanol–water partition coefficient (Wildman–Crippen LogP) is 3.88. The Bertz CT molecular complexity index is 391. The number of alkyl halides is 3. The largest absolute Gasteiger partial charge is 0.416 e. The van der Waals surface area contributed by atoms with Crippen LogP contribution < -0.4 is 0 Å². The molecule has 0 atom stereocenters. The number of carbonyl (C=O) groups is 1. The standard InChI is InChI=1S/C8H2Cl2F4O/c9-4-1-3(8(12,13)14)2-5(11)6(4)7(10)15/h1-2H. The van der Waals surface area contributed by atoms with Gasteiger partial charge in [0, 0.05) is 0 Å². The van der Waals surface area contributed by atoms with Crippen molar-refractivity contribution < 1.29 is 22.4 Å². The molecule has 7 heteroatoms. The average molecular weight is 261 g/mol. The maximum atomic E-state index is 13.0. The zero-order valence-electron chi connectivity index (χ0n) is 6.83. The summed E-state index contributed by atoms with van der Waals surface area (Å²) >= 11 is 10.2. The maximum Gasteiger partial charge on any atom is 0.416 e. The first-order valence-electron chi connectivity index (χ1n) is 3.49. The summed E-state index contributed by atoms with van der Waals surface area (Å²) < 4.78 is 49.4. The smallest absolute Gasteiger partial charge is 0.275 e. The average Bonchev–Trinajstić information content (AvgIpc) is 1.99. The molecule has 0 aliphatic heterocycles. The summed E-state index contributed by atoms with van der Waals surface area (Å²) in [7, 11) is 0. The zero-order chi connectivity index (χ0) is 11.8. The Labute approximate surface area is 91.6 Å². The monoisotopic (exact) mass is 260 g/mol. The molecule has 0 radical (unpaired) electrons. The van der Waals surface area contributed by atoms with Crippen LogP contribution in [0, 0.1) is 5.82 Å². The molecule has 0 saturated heterocycles. The SMILES string of the molecule is O=C(Cl)c1c(F)cc(C(F)(F)F)cc1Cl. The first kappa shape index (κ1) is 12.3. The van der Waals surface area contributed by atoms with Crippen LogP contribution in [0.1, 0.15) is 15.9 Å². The summed E-state index contributed by atoms with van der Waals surface area (Å²) in [4.78, 5) is 10.6. The second-order valence-corrected chi connectivity index (χ2v) is 3.34. The molecule has 0 fully saturated rings. The zero-order valence-corrected chi connectivity index (χ0v) is 8.34. The van der Waals surface area contributed by atoms with Crippen molar-refractivity contribution in [2.75, 3.05) is 0 Å². The third-order valence-corrected chi connectivity index (χ3v) is 2.05. The molecule has 0 unspecified atom stereocenters. The van der Waals surface area contributed by atoms with Crippen molar-refractivity contribution in [2.45, 2.75) is 6.18 Å². The van der Waals surface area contributed by atoms with E-state index in [1.807, 2.05) is 0 Å². The van der Waals surface area contributed by atoms with E-state index in [1.165, 1.54) is 0 Å². The molecule has 15 heavy (non-hydrogen) atoms. The van der Waals surface area contributed by atoms with Crippen LogP contribution in [0.15, 0.2) is 12.1 Å². The van der Waals surface area contributed by atoms with Gasteiger partial charge in [-0.05, 0) is 23.7 Å². The van der Waals surface area contributed by atoms with E-state index < -0.39 is 33.4 Å². The van der Waals surface area contributed by atoms with Crippen LogP contribution in [0.2, 0.25) is 5.02 Å². The second-order valence-electron chi connectivity index (χ2n) is 2.59. The molecule has 1 rings (SSSR count). The fourth-order valence-corrected chi connectivity index (χ4v) is 1.46. The molecule has 82 valence electrons. The van der Waals surface area contributed by atoms with Crippen molar-refractivity contribution in [3.05, 3.63) is 34.1 Å². The molecule has 0 aliphatic rings. The van der Waals surface area contributed by atoms with Gasteiger partial charge in [-0.25, -0.2) is 4.39 Å². The second kappa shape index (κ2) is 3.98. The van der Waals surface area contributed by atoms with Gasteiger partial charge < -0.3 is 0 Å². The minimum Gasteiger partial charge on any atom is -0.275 e. The van der Waals surface area contributed by atoms with Gasteiger partial charge in [-0.1, -0.05) is 11.6 Å². The molecule has 0 heterocycles. The van der Waals surface area contributed by atoms with Gasteiger partial charge in [0.15, 0.2) is 0 Å². The summed E-state index contributed by atoms with van der Waals surface area (Å²) in [6.45, 7) is 0. The third-order valence-electron chi connectivity index (χ3n) is 1.57. The van der Waals surface area contributed by atoms with E-state index in [0.29, 0.717) is 6.07 Å². The molecule has 1 aromatic rings. The Kier molecular flexibility index (Phi) is 3.25. The van der Waals surface area contributed by atoms with Crippen molar-refractivity contribution in [3.8, 4) is 0 Å². The molecule has 1 nitrogen and oxygen atoms in total. The topological polar surface area (TPSA) is 17.1 Å². The minimum atomic E-state index is -4.72. The summed E-state index contributed by atoms with van der Waals surface area (Å²) in [5.74, 6) is -1.39. The number of carbonyl (C=O) groups excluding carboxylic acids is 1. The van der Waals surface area contributed by atoms with Gasteiger partial charge in [0.05, 0.1) is 16.1 Å². The van der Waals surface area contributed by atoms with Crippen LogP contribution >= 0.6 is 23.2 Å². The van der Waals surface area contributed by atoms with Gasteiger partial charge in [-0.2, -0.15) is 13.2 Å². The molecular weight excluding hydrogens is 259 g/mol. The van der Waals surface area contributed by atoms with E-state index in [9.17, 15) is 22.4 Å². The highest BCUT2D eigenvalue weighted by Gasteiger charge is 2.32. The number of halogens is 6. The lowest BCUT2D eigenvalue weighted by atomic mass is 10.1. The maximum absolute atomic E-state index is 13.0. The highest BCUT2D eigenvalue weighted by atomic mass is 35.5. The lowest BCUT2D eigenvalue weighted by Gasteiger charge is -2.08. The van der Waals surface area contributed by atoms with Gasteiger partial charge in [0.2, 0.25) is 0 Å². The minimum absolute atomic E-state index is 0.168. The molecule has 0 amide bonds. The number of rotatable bonds is 1. The van der Waals surface area contributed by atoms with Gasteiger partial charge in [-0.15, -0.1) is 0 Å². The fraction of sp³-hybridized carbons (Fsp3) is 0.125. The van der Waals surface area contributed by atoms with Crippen LogP contribution in [0.25, 0.3) is 0 Å². The fourth-order valence-electron chi connectivity index (χ4n) is 0.925. The third kappa shape index (κ3) is 2.60. The Morgan fingerprint density at radius 1 is 1.27 bits per heavy atom. The van der Waals surface area contributed by atoms with E-state index in [4.69, 9.17) is 23.2 Å². The van der Waals surface area contributed by atoms with Crippen molar-refractivity contribution in [2.24, 2.45) is 0 Å². The van der Waals surface area contributed by atoms with Crippen molar-refractivity contribution >= 4 is 28.4 Å². The van der Waals surface area contributed by atoms with E-state index in [2.05, 4.69) is 0 Å². The lowest BCUT2D eigenvalue weighted by Crippen LogP contribution is -2.07. The Balaban J connectivity index is 3.39. The van der Waals surface area contributed by atoms with Crippen LogP contribution in [0.4, 0.5) is 17.6 Å². The van der Waals surface area contributed by atoms with E-state index in [-0.39, 0.29) is 6.07 Å². The van der Waals surface area contributed by atoms with E-state index >= 15 is 0 Å². The summed E-state index contributed by atoms with van der Waals surface area (Å²) in [5, 5.41) is -1.91. The molecule has 0 bridgehead atoms. The molecule has 0 spiro atoms. The molecule has 1 aromatic carbocycles. The van der Waals surface area contributed by atoms with Crippen LogP contribution in [-0.2, 0) is 6.18 Å². The Hall–Kier alpha value is -0.810. The van der Waals surface area contributed by atoms with Gasteiger partial charge in [-0.3, -0.25) is 4.79 Å². The highest BCUT2D eigenvalue weighted by molar-refractivity contribution is 6.68. The Morgan fingerprint density at radius 3 is 2.13 bits per heavy atom. The van der Waals surface area contributed by atoms with Gasteiger partial charge in [0.1, 0.15) is 5.82 Å². The highest BCUT2D eigenvalue weighted by Crippen LogP contribution is 2.33. The van der Waals surface area contributed by atoms with E-state index in [1.54, 1.807) is 0 Å². The summed E-state index contributed by atoms with van der Waals surface area (Å²) in [6.07, 6.45) is -4.72. The quantitative estimate of drug-likeness (QED) is 0.553. The number of benzene rings is 1. The summed E-state index contributed by atoms with van der Waals surface area (Å²) in [6, 6.07) is 0.613. The molecule has 0 aromatic heterocycles. The summed E-state index contributed by atoms with van der Waals surface area (Å²) in [5.41, 5.74) is -2.03. The van der Waals surface area contributed by atoms with Crippen molar-refractivity contribution in [1.29, 1.82) is 0 Å². The van der Waals surface area contributed by atoms with Crippen molar-refractivity contribution in [1.82, 2.24) is 0 Å². The lowest BCUT2D eigenvalue weighted by molar-refractivity contribution is -0.137. The normalized spacial score (nSPS) is 11.6. The number of hydrogen-bond acceptors (Lipinski definition) is 1. The first-order valence-corrected chi connectivity index (χ1v) is 4.25. The molecule has 0 N–H and O–H groups in total. The van der Waals surface area contributed by atoms with Crippen LogP contribution in [-0.4, -0.2) is 5.24 Å². The molecule has 0 aliphatic carbocycles. The predicted molar refractivity (Wildman–Crippen MR) is 46.6 cm³/mol. The van der Waals surface area contributed by atoms with Gasteiger partial charge in [0.25, 0.3) is 5.24 Å². The molecule has 0 saturated carbocycles. The Morgan fingerprint density at radius 2 is 1.80 bits per heavy atom. The van der Waals surface area contributed by atoms with Crippen LogP contribution in [0.3, 0.4) is 0 Å². The number of hydrogen-bond donors (Lipinski definition) is 0. The molecular formula is C8H2Cl2F4O. The first-order chi connectivity index (χ1) is 6.73. The van der Waals surface area contributed by atoms with Gasteiger partial charge >= 0.3 is 6.18 Å².